The summed E-state index contributed by atoms with van der Waals surface area (Å²) in [6, 6.07) is 0. The second-order valence-corrected chi connectivity index (χ2v) is 9.39. The van der Waals surface area contributed by atoms with Crippen molar-refractivity contribution in [1.29, 1.82) is 0 Å². The van der Waals surface area contributed by atoms with Gasteiger partial charge in [-0.3, -0.25) is 0 Å². The Balaban J connectivity index is 2.06. The highest BCUT2D eigenvalue weighted by Gasteiger charge is 2.16. The molecule has 0 saturated carbocycles. The van der Waals surface area contributed by atoms with Crippen molar-refractivity contribution in [1.82, 2.24) is 19.2 Å². The van der Waals surface area contributed by atoms with Crippen LogP contribution in [0.1, 0.15) is 12.8 Å². The Kier molecular flexibility index (Phi) is 8.22. The zero-order valence-electron chi connectivity index (χ0n) is 13.4. The summed E-state index contributed by atoms with van der Waals surface area (Å²) in [5.74, 6) is 0. The number of sulfonamides is 2. The minimum absolute atomic E-state index is 0.482. The summed E-state index contributed by atoms with van der Waals surface area (Å²) in [5, 5.41) is 0. The molecule has 0 aromatic carbocycles. The van der Waals surface area contributed by atoms with E-state index in [4.69, 9.17) is 0 Å². The topological polar surface area (TPSA) is 98.8 Å². The Bertz CT molecular complexity index is 465. The highest BCUT2D eigenvalue weighted by atomic mass is 32.2. The second-order valence-electron chi connectivity index (χ2n) is 5.72. The Labute approximate surface area is 134 Å². The molecule has 0 aromatic rings. The fourth-order valence-electron chi connectivity index (χ4n) is 2.36. The van der Waals surface area contributed by atoms with Crippen LogP contribution in [-0.4, -0.2) is 91.5 Å². The van der Waals surface area contributed by atoms with Gasteiger partial charge in [-0.25, -0.2) is 26.3 Å². The van der Waals surface area contributed by atoms with Crippen molar-refractivity contribution < 1.29 is 16.8 Å². The molecule has 0 spiro atoms. The van der Waals surface area contributed by atoms with E-state index in [0.29, 0.717) is 13.1 Å². The van der Waals surface area contributed by atoms with E-state index in [1.807, 2.05) is 0 Å². The van der Waals surface area contributed by atoms with E-state index in [0.717, 1.165) is 52.1 Å². The molecule has 0 aliphatic carbocycles. The molecule has 1 fully saturated rings. The van der Waals surface area contributed by atoms with Crippen LogP contribution in [0, 0.1) is 0 Å². The molecular weight excluding hydrogens is 328 g/mol. The van der Waals surface area contributed by atoms with Gasteiger partial charge in [0.2, 0.25) is 20.0 Å². The monoisotopic (exact) mass is 356 g/mol. The molecule has 1 heterocycles. The highest BCUT2D eigenvalue weighted by Crippen LogP contribution is 2.03. The second kappa shape index (κ2) is 9.14. The third-order valence-corrected chi connectivity index (χ3v) is 4.95. The maximum atomic E-state index is 10.9. The summed E-state index contributed by atoms with van der Waals surface area (Å²) >= 11 is 0. The van der Waals surface area contributed by atoms with Gasteiger partial charge in [0.05, 0.1) is 12.5 Å². The molecular formula is C12H28N4O4S2. The van der Waals surface area contributed by atoms with Crippen LogP contribution >= 0.6 is 0 Å². The third-order valence-electron chi connectivity index (χ3n) is 3.50. The van der Waals surface area contributed by atoms with Crippen molar-refractivity contribution in [2.45, 2.75) is 12.8 Å². The predicted molar refractivity (Wildman–Crippen MR) is 87.8 cm³/mol. The van der Waals surface area contributed by atoms with Gasteiger partial charge >= 0.3 is 0 Å². The van der Waals surface area contributed by atoms with Crippen LogP contribution < -0.4 is 9.44 Å². The first-order valence-electron chi connectivity index (χ1n) is 7.50. The first kappa shape index (κ1) is 19.8. The fraction of sp³-hybridized carbons (Fsp3) is 1.00. The first-order chi connectivity index (χ1) is 10.2. The molecule has 1 aliphatic heterocycles. The molecule has 8 nitrogen and oxygen atoms in total. The van der Waals surface area contributed by atoms with E-state index >= 15 is 0 Å². The van der Waals surface area contributed by atoms with Crippen molar-refractivity contribution in [2.24, 2.45) is 0 Å². The van der Waals surface area contributed by atoms with Crippen molar-refractivity contribution in [3.8, 4) is 0 Å². The first-order valence-corrected chi connectivity index (χ1v) is 11.3. The zero-order valence-corrected chi connectivity index (χ0v) is 15.0. The molecule has 0 bridgehead atoms. The summed E-state index contributed by atoms with van der Waals surface area (Å²) in [7, 11) is -6.17. The van der Waals surface area contributed by atoms with Gasteiger partial charge in [0.15, 0.2) is 0 Å². The van der Waals surface area contributed by atoms with Crippen LogP contribution in [-0.2, 0) is 20.0 Å². The van der Waals surface area contributed by atoms with Crippen LogP contribution in [0.15, 0.2) is 0 Å². The van der Waals surface area contributed by atoms with Gasteiger partial charge in [-0.05, 0) is 25.9 Å². The predicted octanol–water partition coefficient (Wildman–Crippen LogP) is -1.52. The number of hydrogen-bond donors (Lipinski definition) is 2. The number of nitrogens with one attached hydrogen (secondary N) is 2. The van der Waals surface area contributed by atoms with E-state index in [-0.39, 0.29) is 0 Å². The summed E-state index contributed by atoms with van der Waals surface area (Å²) < 4.78 is 48.7. The quantitative estimate of drug-likeness (QED) is 0.462. The lowest BCUT2D eigenvalue weighted by atomic mass is 10.2. The Morgan fingerprint density at radius 2 is 1.05 bits per heavy atom. The lowest BCUT2D eigenvalue weighted by Gasteiger charge is -2.34. The lowest BCUT2D eigenvalue weighted by molar-refractivity contribution is 0.131. The van der Waals surface area contributed by atoms with Crippen LogP contribution in [0.3, 0.4) is 0 Å². The molecule has 0 amide bonds. The fourth-order valence-corrected chi connectivity index (χ4v) is 3.39. The third kappa shape index (κ3) is 10.5. The van der Waals surface area contributed by atoms with Gasteiger partial charge in [-0.15, -0.1) is 0 Å². The summed E-state index contributed by atoms with van der Waals surface area (Å²) in [6.07, 6.45) is 3.96. The largest absolute Gasteiger partial charge is 0.301 e. The van der Waals surface area contributed by atoms with Gasteiger partial charge in [0.1, 0.15) is 0 Å². The molecule has 0 unspecified atom stereocenters. The Hall–Kier alpha value is -0.260. The molecule has 132 valence electrons. The zero-order chi connectivity index (χ0) is 16.6. The lowest BCUT2D eigenvalue weighted by Crippen LogP contribution is -2.47. The summed E-state index contributed by atoms with van der Waals surface area (Å²) in [6.45, 7) is 6.64. The number of piperazine rings is 1. The Morgan fingerprint density at radius 3 is 1.32 bits per heavy atom. The van der Waals surface area contributed by atoms with Gasteiger partial charge in [0, 0.05) is 39.3 Å². The van der Waals surface area contributed by atoms with Gasteiger partial charge < -0.3 is 9.80 Å². The molecule has 0 radical (unpaired) electrons. The van der Waals surface area contributed by atoms with Crippen LogP contribution in [0.4, 0.5) is 0 Å². The maximum Gasteiger partial charge on any atom is 0.208 e. The van der Waals surface area contributed by atoms with E-state index < -0.39 is 20.0 Å². The summed E-state index contributed by atoms with van der Waals surface area (Å²) in [5.41, 5.74) is 0. The Morgan fingerprint density at radius 1 is 0.727 bits per heavy atom. The molecule has 10 heteroatoms. The number of nitrogens with zero attached hydrogens (tertiary/aromatic N) is 2. The average Bonchev–Trinajstić information content (AvgIpc) is 2.39. The van der Waals surface area contributed by atoms with Crippen LogP contribution in [0.25, 0.3) is 0 Å². The van der Waals surface area contributed by atoms with E-state index in [1.54, 1.807) is 0 Å². The van der Waals surface area contributed by atoms with Gasteiger partial charge in [-0.1, -0.05) is 0 Å². The normalized spacial score (nSPS) is 18.6. The molecule has 22 heavy (non-hydrogen) atoms. The van der Waals surface area contributed by atoms with Crippen molar-refractivity contribution >= 4 is 20.0 Å². The van der Waals surface area contributed by atoms with Crippen molar-refractivity contribution in [3.05, 3.63) is 0 Å². The highest BCUT2D eigenvalue weighted by molar-refractivity contribution is 7.89. The van der Waals surface area contributed by atoms with Crippen LogP contribution in [0.2, 0.25) is 0 Å². The average molecular weight is 357 g/mol. The number of hydrogen-bond acceptors (Lipinski definition) is 6. The van der Waals surface area contributed by atoms with Gasteiger partial charge in [-0.2, -0.15) is 0 Å². The van der Waals surface area contributed by atoms with Crippen molar-refractivity contribution in [2.75, 3.05) is 64.9 Å². The minimum Gasteiger partial charge on any atom is -0.301 e. The molecule has 1 saturated heterocycles. The SMILES string of the molecule is CS(=O)(=O)NCCCN1CCN(CCCNS(C)(=O)=O)CC1. The minimum atomic E-state index is -3.08. The van der Waals surface area contributed by atoms with Crippen LogP contribution in [0.5, 0.6) is 0 Å². The molecule has 2 N–H and O–H groups in total. The smallest absolute Gasteiger partial charge is 0.208 e. The number of rotatable bonds is 10. The molecule has 1 aliphatic rings. The van der Waals surface area contributed by atoms with Gasteiger partial charge in [0.25, 0.3) is 0 Å². The molecule has 1 rings (SSSR count). The maximum absolute atomic E-state index is 10.9. The van der Waals surface area contributed by atoms with E-state index in [1.165, 1.54) is 12.5 Å². The van der Waals surface area contributed by atoms with E-state index in [9.17, 15) is 16.8 Å². The molecule has 0 aromatic heterocycles. The van der Waals surface area contributed by atoms with E-state index in [2.05, 4.69) is 19.2 Å². The standard InChI is InChI=1S/C12H28N4O4S2/c1-21(17,18)13-5-3-7-15-9-11-16(12-10-15)8-4-6-14-22(2,19)20/h13-14H,3-12H2,1-2H3. The summed E-state index contributed by atoms with van der Waals surface area (Å²) in [4.78, 5) is 4.66. The molecule has 0 atom stereocenters. The van der Waals surface area contributed by atoms with Crippen molar-refractivity contribution in [3.63, 3.8) is 0 Å².